The Hall–Kier alpha value is -1.38. The lowest BCUT2D eigenvalue weighted by molar-refractivity contribution is 0.101. The van der Waals surface area contributed by atoms with Gasteiger partial charge in [-0.05, 0) is 30.3 Å². The first-order valence-electron chi connectivity index (χ1n) is 4.27. The number of rotatable bonds is 3. The van der Waals surface area contributed by atoms with E-state index in [1.54, 1.807) is 6.07 Å². The van der Waals surface area contributed by atoms with E-state index in [9.17, 15) is 4.79 Å². The Labute approximate surface area is 87.9 Å². The number of carbonyl (C=O) groups is 1. The van der Waals surface area contributed by atoms with Gasteiger partial charge < -0.3 is 0 Å². The summed E-state index contributed by atoms with van der Waals surface area (Å²) in [6, 6.07) is 3.57. The van der Waals surface area contributed by atoms with Gasteiger partial charge in [-0.15, -0.1) is 0 Å². The minimum absolute atomic E-state index is 0.0525. The van der Waals surface area contributed by atoms with Crippen LogP contribution in [-0.4, -0.2) is 15.9 Å². The van der Waals surface area contributed by atoms with Crippen LogP contribution in [0.3, 0.4) is 0 Å². The Morgan fingerprint density at radius 3 is 2.86 bits per heavy atom. The second kappa shape index (κ2) is 4.74. The zero-order valence-electron chi connectivity index (χ0n) is 8.07. The molecule has 0 atom stereocenters. The maximum Gasteiger partial charge on any atom is 0.178 e. The van der Waals surface area contributed by atoms with Crippen molar-refractivity contribution in [1.29, 1.82) is 0 Å². The zero-order valence-corrected chi connectivity index (χ0v) is 8.89. The van der Waals surface area contributed by atoms with E-state index in [0.29, 0.717) is 11.5 Å². The molecule has 72 valence electrons. The smallest absolute Gasteiger partial charge is 0.178 e. The van der Waals surface area contributed by atoms with Crippen LogP contribution in [-0.2, 0) is 6.42 Å². The molecule has 0 saturated heterocycles. The van der Waals surface area contributed by atoms with Crippen molar-refractivity contribution >= 4 is 29.0 Å². The van der Waals surface area contributed by atoms with Gasteiger partial charge in [0.15, 0.2) is 11.6 Å². The zero-order chi connectivity index (χ0) is 10.6. The van der Waals surface area contributed by atoms with Crippen LogP contribution in [0.1, 0.15) is 29.9 Å². The summed E-state index contributed by atoms with van der Waals surface area (Å²) in [6.45, 7) is 3.47. The highest BCUT2D eigenvalue weighted by molar-refractivity contribution is 7.78. The van der Waals surface area contributed by atoms with Crippen LogP contribution in [0.25, 0.3) is 0 Å². The molecule has 0 amide bonds. The number of carbonyl (C=O) groups excluding carboxylic acids is 1. The van der Waals surface area contributed by atoms with Gasteiger partial charge in [0, 0.05) is 6.92 Å². The number of aromatic nitrogens is 1. The molecule has 1 aromatic rings. The molecule has 3 nitrogen and oxygen atoms in total. The molecule has 4 heteroatoms. The summed E-state index contributed by atoms with van der Waals surface area (Å²) in [4.78, 5) is 19.0. The first-order valence-corrected chi connectivity index (χ1v) is 4.68. The van der Waals surface area contributed by atoms with Gasteiger partial charge in [-0.25, -0.2) is 4.98 Å². The van der Waals surface area contributed by atoms with Crippen LogP contribution < -0.4 is 0 Å². The van der Waals surface area contributed by atoms with Gasteiger partial charge in [0.25, 0.3) is 0 Å². The van der Waals surface area contributed by atoms with E-state index in [1.807, 2.05) is 13.0 Å². The lowest BCUT2D eigenvalue weighted by Gasteiger charge is -2.03. The Kier molecular flexibility index (Phi) is 3.63. The third-order valence-electron chi connectivity index (χ3n) is 1.84. The summed E-state index contributed by atoms with van der Waals surface area (Å²) in [6.07, 6.45) is 0.781. The molecule has 0 aliphatic rings. The average molecular weight is 206 g/mol. The normalized spacial score (nSPS) is 9.29. The second-order valence-electron chi connectivity index (χ2n) is 2.79. The van der Waals surface area contributed by atoms with Crippen molar-refractivity contribution in [2.45, 2.75) is 20.3 Å². The third-order valence-corrected chi connectivity index (χ3v) is 1.93. The molecule has 0 fully saturated rings. The quantitative estimate of drug-likeness (QED) is 0.433. The second-order valence-corrected chi connectivity index (χ2v) is 2.97. The van der Waals surface area contributed by atoms with Gasteiger partial charge in [0.2, 0.25) is 0 Å². The van der Waals surface area contributed by atoms with Crippen molar-refractivity contribution in [1.82, 2.24) is 4.98 Å². The van der Waals surface area contributed by atoms with Crippen LogP contribution >= 0.6 is 12.2 Å². The molecule has 0 aromatic carbocycles. The molecular formula is C10H10N2OS. The highest BCUT2D eigenvalue weighted by atomic mass is 32.1. The van der Waals surface area contributed by atoms with E-state index in [1.165, 1.54) is 6.92 Å². The molecule has 1 rings (SSSR count). The van der Waals surface area contributed by atoms with Crippen molar-refractivity contribution in [3.63, 3.8) is 0 Å². The fourth-order valence-corrected chi connectivity index (χ4v) is 1.27. The van der Waals surface area contributed by atoms with Crippen LogP contribution in [0.2, 0.25) is 0 Å². The molecule has 0 aliphatic heterocycles. The Morgan fingerprint density at radius 1 is 1.64 bits per heavy atom. The first kappa shape index (κ1) is 10.7. The van der Waals surface area contributed by atoms with Crippen molar-refractivity contribution < 1.29 is 4.79 Å². The minimum Gasteiger partial charge on any atom is -0.293 e. The van der Waals surface area contributed by atoms with Gasteiger partial charge in [-0.2, -0.15) is 4.99 Å². The number of Topliss-reactive ketones (excluding diaryl/α,β-unsaturated/α-hetero) is 1. The van der Waals surface area contributed by atoms with Crippen molar-refractivity contribution in [3.05, 3.63) is 23.4 Å². The molecule has 0 aliphatic carbocycles. The predicted octanol–water partition coefficient (Wildman–Crippen LogP) is 2.58. The van der Waals surface area contributed by atoms with Crippen LogP contribution in [0, 0.1) is 0 Å². The number of hydrogen-bond donors (Lipinski definition) is 0. The molecule has 0 spiro atoms. The minimum atomic E-state index is -0.0525. The molecule has 1 aromatic heterocycles. The monoisotopic (exact) mass is 206 g/mol. The number of pyridine rings is 1. The molecule has 0 radical (unpaired) electrons. The van der Waals surface area contributed by atoms with Gasteiger partial charge in [0.05, 0.1) is 5.16 Å². The SMILES string of the molecule is CCc1ccc(N=C=S)nc1C(C)=O. The standard InChI is InChI=1S/C10H10N2OS/c1-3-8-4-5-9(11-6-14)12-10(8)7(2)13/h4-5H,3H2,1-2H3. The number of aryl methyl sites for hydroxylation is 1. The van der Waals surface area contributed by atoms with E-state index >= 15 is 0 Å². The number of aliphatic imine (C=N–C) groups is 1. The largest absolute Gasteiger partial charge is 0.293 e. The van der Waals surface area contributed by atoms with Gasteiger partial charge >= 0.3 is 0 Å². The van der Waals surface area contributed by atoms with Gasteiger partial charge in [0.1, 0.15) is 5.69 Å². The van der Waals surface area contributed by atoms with Crippen LogP contribution in [0.5, 0.6) is 0 Å². The highest BCUT2D eigenvalue weighted by Gasteiger charge is 2.08. The molecule has 0 N–H and O–H groups in total. The summed E-state index contributed by atoms with van der Waals surface area (Å²) < 4.78 is 0. The van der Waals surface area contributed by atoms with E-state index in [4.69, 9.17) is 0 Å². The van der Waals surface area contributed by atoms with Crippen molar-refractivity contribution in [2.75, 3.05) is 0 Å². The summed E-state index contributed by atoms with van der Waals surface area (Å²) in [5.74, 6) is 0.380. The Balaban J connectivity index is 3.27. The molecule has 0 saturated carbocycles. The van der Waals surface area contributed by atoms with E-state index in [0.717, 1.165) is 12.0 Å². The maximum atomic E-state index is 11.2. The maximum absolute atomic E-state index is 11.2. The average Bonchev–Trinajstić information content (AvgIpc) is 2.18. The molecular weight excluding hydrogens is 196 g/mol. The first-order chi connectivity index (χ1) is 6.69. The summed E-state index contributed by atoms with van der Waals surface area (Å²) in [5, 5.41) is 2.22. The highest BCUT2D eigenvalue weighted by Crippen LogP contribution is 2.14. The Morgan fingerprint density at radius 2 is 2.36 bits per heavy atom. The van der Waals surface area contributed by atoms with E-state index < -0.39 is 0 Å². The number of ketones is 1. The number of isothiocyanates is 1. The third kappa shape index (κ3) is 2.31. The Bertz CT molecular complexity index is 409. The predicted molar refractivity (Wildman–Crippen MR) is 58.3 cm³/mol. The van der Waals surface area contributed by atoms with Crippen molar-refractivity contribution in [2.24, 2.45) is 4.99 Å². The van der Waals surface area contributed by atoms with Crippen LogP contribution in [0.15, 0.2) is 17.1 Å². The van der Waals surface area contributed by atoms with Gasteiger partial charge in [-0.3, -0.25) is 4.79 Å². The summed E-state index contributed by atoms with van der Waals surface area (Å²) in [5.41, 5.74) is 1.40. The summed E-state index contributed by atoms with van der Waals surface area (Å²) in [7, 11) is 0. The van der Waals surface area contributed by atoms with E-state index in [2.05, 4.69) is 27.4 Å². The molecule has 1 heterocycles. The topological polar surface area (TPSA) is 42.3 Å². The van der Waals surface area contributed by atoms with Crippen molar-refractivity contribution in [3.8, 4) is 0 Å². The number of hydrogen-bond acceptors (Lipinski definition) is 4. The summed E-state index contributed by atoms with van der Waals surface area (Å²) >= 11 is 4.46. The fourth-order valence-electron chi connectivity index (χ4n) is 1.18. The van der Waals surface area contributed by atoms with E-state index in [-0.39, 0.29) is 5.78 Å². The molecule has 0 unspecified atom stereocenters. The number of thiocarbonyl (C=S) groups is 1. The lowest BCUT2D eigenvalue weighted by Crippen LogP contribution is -2.01. The number of nitrogens with zero attached hydrogens (tertiary/aromatic N) is 2. The lowest BCUT2D eigenvalue weighted by atomic mass is 10.1. The molecule has 14 heavy (non-hydrogen) atoms. The van der Waals surface area contributed by atoms with Gasteiger partial charge in [-0.1, -0.05) is 13.0 Å². The van der Waals surface area contributed by atoms with Crippen LogP contribution in [0.4, 0.5) is 5.82 Å². The fraction of sp³-hybridized carbons (Fsp3) is 0.300. The molecule has 0 bridgehead atoms.